The zero-order chi connectivity index (χ0) is 81.2. The second-order valence-electron chi connectivity index (χ2n) is 27.2. The van der Waals surface area contributed by atoms with E-state index < -0.39 is 267 Å². The SMILES string of the molecule is CC(=O)NC1C(O)[C@H](O[C@@H]2OC(CO)[C@H](O)C(O[C@H]3OC(CO)[C@H](O)C(O)C3O)C2O)C(CO)O[C@H]1OCCCNC(=O)COc1cc(C(=O)OCc2ccccc2)cc(-c2cccc(OCC(=O)NCCCO[C@@H]3OC(CO)[C@@H](O[C@@H]4OC(CO)[C@H](O)C(O[C@H]5OC(CO)[C@H](O)C(O)[C@H]5O)C4O)C(O)C3NC(C)=O)c2)c1. The minimum atomic E-state index is -2.04. The summed E-state index contributed by atoms with van der Waals surface area (Å²) in [4.78, 5) is 65.0. The van der Waals surface area contributed by atoms with Crippen molar-refractivity contribution in [2.24, 2.45) is 0 Å². The Morgan fingerprint density at radius 3 is 1.21 bits per heavy atom. The Hall–Kier alpha value is -6.59. The van der Waals surface area contributed by atoms with Crippen LogP contribution in [-0.4, -0.2) is 385 Å². The summed E-state index contributed by atoms with van der Waals surface area (Å²) in [5, 5.41) is 201. The number of carbonyl (C=O) groups is 5. The number of aliphatic hydroxyl groups is 18. The van der Waals surface area contributed by atoms with Gasteiger partial charge in [0.2, 0.25) is 11.8 Å². The van der Waals surface area contributed by atoms with Crippen LogP contribution in [0.15, 0.2) is 72.8 Å². The minimum Gasteiger partial charge on any atom is -0.484 e. The van der Waals surface area contributed by atoms with Gasteiger partial charge in [-0.25, -0.2) is 4.79 Å². The van der Waals surface area contributed by atoms with E-state index in [1.165, 1.54) is 12.1 Å². The highest BCUT2D eigenvalue weighted by Crippen LogP contribution is 2.37. The van der Waals surface area contributed by atoms with Crippen molar-refractivity contribution in [1.82, 2.24) is 21.3 Å². The summed E-state index contributed by atoms with van der Waals surface area (Å²) in [6.45, 7) is -4.52. The molecule has 17 unspecified atom stereocenters. The van der Waals surface area contributed by atoms with E-state index in [-0.39, 0.29) is 62.8 Å². The van der Waals surface area contributed by atoms with E-state index in [9.17, 15) is 116 Å². The number of amides is 4. The van der Waals surface area contributed by atoms with Gasteiger partial charge in [0.05, 0.1) is 58.4 Å². The molecule has 4 amide bonds. The number of hydrogen-bond donors (Lipinski definition) is 22. The Bertz CT molecular complexity index is 3450. The van der Waals surface area contributed by atoms with Crippen LogP contribution in [0.25, 0.3) is 11.1 Å². The van der Waals surface area contributed by atoms with Crippen molar-refractivity contribution in [3.8, 4) is 22.6 Å². The second-order valence-corrected chi connectivity index (χ2v) is 27.2. The average Bonchev–Trinajstić information content (AvgIpc) is 0.776. The molecule has 6 aliphatic rings. The van der Waals surface area contributed by atoms with Gasteiger partial charge in [-0.1, -0.05) is 42.5 Å². The molecule has 3 aromatic carbocycles. The van der Waals surface area contributed by atoms with Gasteiger partial charge >= 0.3 is 5.97 Å². The molecule has 0 radical (unpaired) electrons. The third-order valence-corrected chi connectivity index (χ3v) is 19.1. The molecule has 3 aromatic rings. The van der Waals surface area contributed by atoms with Gasteiger partial charge in [-0.05, 0) is 59.9 Å². The first-order chi connectivity index (χ1) is 53.6. The molecule has 42 heteroatoms. The van der Waals surface area contributed by atoms with E-state index in [0.29, 0.717) is 16.7 Å². The summed E-state index contributed by atoms with van der Waals surface area (Å²) in [7, 11) is 0. The summed E-state index contributed by atoms with van der Waals surface area (Å²) in [6, 6.07) is 16.9. The first kappa shape index (κ1) is 89.3. The van der Waals surface area contributed by atoms with Crippen molar-refractivity contribution in [1.29, 1.82) is 0 Å². The fraction of sp³-hybridized carbons (Fsp3) is 0.671. The van der Waals surface area contributed by atoms with Crippen molar-refractivity contribution in [2.75, 3.05) is 79.2 Å². The third kappa shape index (κ3) is 22.7. The Balaban J connectivity index is 0.752. The quantitative estimate of drug-likeness (QED) is 0.0190. The maximum Gasteiger partial charge on any atom is 0.338 e. The first-order valence-corrected chi connectivity index (χ1v) is 36.0. The molecule has 0 spiro atoms. The highest BCUT2D eigenvalue weighted by atomic mass is 16.8. The predicted molar refractivity (Wildman–Crippen MR) is 367 cm³/mol. The fourth-order valence-corrected chi connectivity index (χ4v) is 13.1. The number of carbonyl (C=O) groups excluding carboxylic acids is 5. The predicted octanol–water partition coefficient (Wildman–Crippen LogP) is -10.3. The molecule has 112 heavy (non-hydrogen) atoms. The maximum atomic E-state index is 13.7. The molecule has 0 aliphatic carbocycles. The molecule has 0 aromatic heterocycles. The van der Waals surface area contributed by atoms with Crippen LogP contribution >= 0.6 is 0 Å². The van der Waals surface area contributed by atoms with E-state index in [1.54, 1.807) is 60.7 Å². The van der Waals surface area contributed by atoms with E-state index in [2.05, 4.69) is 21.3 Å². The molecule has 42 nitrogen and oxygen atoms in total. The van der Waals surface area contributed by atoms with E-state index >= 15 is 0 Å². The van der Waals surface area contributed by atoms with E-state index in [1.807, 2.05) is 0 Å². The molecule has 0 saturated carbocycles. The van der Waals surface area contributed by atoms with Crippen molar-refractivity contribution in [2.45, 2.75) is 217 Å². The van der Waals surface area contributed by atoms with Gasteiger partial charge in [0.1, 0.15) is 164 Å². The van der Waals surface area contributed by atoms with Gasteiger partial charge < -0.3 is 184 Å². The Morgan fingerprint density at radius 2 is 0.777 bits per heavy atom. The van der Waals surface area contributed by atoms with Crippen molar-refractivity contribution in [3.05, 3.63) is 83.9 Å². The molecule has 6 aliphatic heterocycles. The second kappa shape index (κ2) is 42.3. The topological polar surface area (TPSA) is 636 Å². The Kier molecular flexibility index (Phi) is 33.8. The highest BCUT2D eigenvalue weighted by Gasteiger charge is 2.57. The van der Waals surface area contributed by atoms with Gasteiger partial charge in [-0.2, -0.15) is 0 Å². The van der Waals surface area contributed by atoms with Crippen LogP contribution in [-0.2, 0) is 87.4 Å². The van der Waals surface area contributed by atoms with Crippen LogP contribution < -0.4 is 30.7 Å². The number of ether oxygens (including phenoxy) is 15. The lowest BCUT2D eigenvalue weighted by Crippen LogP contribution is -2.68. The summed E-state index contributed by atoms with van der Waals surface area (Å²) in [5.74, 6) is -3.04. The lowest BCUT2D eigenvalue weighted by atomic mass is 9.95. The Labute approximate surface area is 638 Å². The van der Waals surface area contributed by atoms with E-state index in [4.69, 9.17) is 71.1 Å². The van der Waals surface area contributed by atoms with Crippen LogP contribution in [0.1, 0.15) is 42.6 Å². The zero-order valence-corrected chi connectivity index (χ0v) is 60.6. The number of esters is 1. The highest BCUT2D eigenvalue weighted by molar-refractivity contribution is 5.92. The van der Waals surface area contributed by atoms with E-state index in [0.717, 1.165) is 13.8 Å². The van der Waals surface area contributed by atoms with Gasteiger partial charge in [0.25, 0.3) is 11.8 Å². The number of benzene rings is 3. The number of hydrogen-bond acceptors (Lipinski definition) is 38. The average molecular weight is 1610 g/mol. The molecule has 628 valence electrons. The zero-order valence-electron chi connectivity index (χ0n) is 60.6. The normalized spacial score (nSPS) is 36.2. The fourth-order valence-electron chi connectivity index (χ4n) is 13.1. The summed E-state index contributed by atoms with van der Waals surface area (Å²) < 4.78 is 86.1. The lowest BCUT2D eigenvalue weighted by Gasteiger charge is -2.48. The van der Waals surface area contributed by atoms with Crippen LogP contribution in [0, 0.1) is 0 Å². The lowest BCUT2D eigenvalue weighted by molar-refractivity contribution is -0.376. The van der Waals surface area contributed by atoms with Crippen LogP contribution in [0.3, 0.4) is 0 Å². The van der Waals surface area contributed by atoms with Crippen molar-refractivity contribution in [3.63, 3.8) is 0 Å². The standard InChI is InChI=1S/C70H100N4O38/c1-30(81)73-46-52(89)60(109-69-58(95)62(50(87)40(23-77)105-69)111-67-56(93)54(91)48(85)38(21-75)103-67)42(25-79)107-65(46)98-15-7-13-71-44(83)28-100-36-12-6-11-33(18-36)34-17-35(64(97)102-27-32-9-4-3-5-10-32)20-37(19-34)101-29-45(84)72-14-8-16-99-66-47(74-31(2)82)53(90)61(43(26-80)108-66)110-70-59(96)63(51(88)41(24-78)106-70)112-68-57(94)55(92)49(86)39(22-76)104-68/h3-6,9-12,17-20,38-43,46-63,65-70,75-80,85-96H,7-8,13-16,21-29H2,1-2H3,(H,71,83)(H,72,84)(H,73,81)(H,74,82)/t38?,39?,40?,41?,42?,43?,46?,47?,48-,49-,50-,51-,52?,53?,54?,55?,56+,57?,58?,59?,60+,61+,62?,63?,65+,66+,67+,68+,69-,70-/m0/s1. The van der Waals surface area contributed by atoms with Crippen LogP contribution in [0.5, 0.6) is 11.5 Å². The third-order valence-electron chi connectivity index (χ3n) is 19.1. The van der Waals surface area contributed by atoms with Crippen LogP contribution in [0.2, 0.25) is 0 Å². The monoisotopic (exact) mass is 1600 g/mol. The summed E-state index contributed by atoms with van der Waals surface area (Å²) in [5.41, 5.74) is 1.58. The molecule has 22 N–H and O–H groups in total. The smallest absolute Gasteiger partial charge is 0.338 e. The molecule has 0 bridgehead atoms. The molecule has 9 rings (SSSR count). The van der Waals surface area contributed by atoms with Gasteiger partial charge in [-0.15, -0.1) is 0 Å². The molecular weight excluding hydrogens is 1500 g/mol. The summed E-state index contributed by atoms with van der Waals surface area (Å²) >= 11 is 0. The molecular formula is C70H100N4O38. The van der Waals surface area contributed by atoms with Crippen LogP contribution in [0.4, 0.5) is 0 Å². The molecule has 6 heterocycles. The first-order valence-electron chi connectivity index (χ1n) is 36.0. The number of aliphatic hydroxyl groups excluding tert-OH is 18. The number of nitrogens with one attached hydrogen (secondary N) is 4. The summed E-state index contributed by atoms with van der Waals surface area (Å²) in [6.07, 6.45) is -48.9. The number of rotatable bonds is 36. The molecule has 6 saturated heterocycles. The molecule has 6 fully saturated rings. The maximum absolute atomic E-state index is 13.7. The van der Waals surface area contributed by atoms with Gasteiger partial charge in [-0.3, -0.25) is 19.2 Å². The van der Waals surface area contributed by atoms with Crippen molar-refractivity contribution >= 4 is 29.6 Å². The van der Waals surface area contributed by atoms with Crippen molar-refractivity contribution < 1.29 is 187 Å². The van der Waals surface area contributed by atoms with Gasteiger partial charge in [0.15, 0.2) is 51.0 Å². The molecule has 30 atom stereocenters. The Morgan fingerprint density at radius 1 is 0.384 bits per heavy atom. The van der Waals surface area contributed by atoms with Gasteiger partial charge in [0, 0.05) is 26.9 Å². The minimum absolute atomic E-state index is 0.00476. The largest absolute Gasteiger partial charge is 0.484 e.